The van der Waals surface area contributed by atoms with E-state index < -0.39 is 5.79 Å². The molecule has 0 radical (unpaired) electrons. The van der Waals surface area contributed by atoms with Gasteiger partial charge in [-0.15, -0.1) is 0 Å². The molecule has 4 heteroatoms. The summed E-state index contributed by atoms with van der Waals surface area (Å²) < 4.78 is 15.9. The van der Waals surface area contributed by atoms with Crippen LogP contribution in [0.25, 0.3) is 0 Å². The van der Waals surface area contributed by atoms with E-state index >= 15 is 0 Å². The minimum Gasteiger partial charge on any atom is -0.463 e. The van der Waals surface area contributed by atoms with Crippen molar-refractivity contribution in [2.75, 3.05) is 13.2 Å². The molecule has 1 rings (SSSR count). The van der Waals surface area contributed by atoms with E-state index in [1.807, 2.05) is 20.8 Å². The maximum absolute atomic E-state index is 11.2. The SMILES string of the molecule is CCOC(=O)/C=C(\C)C[C@H]1COC(C)(C)O1. The van der Waals surface area contributed by atoms with Gasteiger partial charge in [0.15, 0.2) is 5.79 Å². The van der Waals surface area contributed by atoms with Crippen molar-refractivity contribution in [1.82, 2.24) is 0 Å². The maximum Gasteiger partial charge on any atom is 0.330 e. The highest BCUT2D eigenvalue weighted by Gasteiger charge is 2.32. The van der Waals surface area contributed by atoms with Crippen molar-refractivity contribution in [3.63, 3.8) is 0 Å². The molecule has 1 aliphatic rings. The third kappa shape index (κ3) is 4.33. The first-order chi connectivity index (χ1) is 7.43. The molecule has 0 unspecified atom stereocenters. The number of carbonyl (C=O) groups is 1. The van der Waals surface area contributed by atoms with Gasteiger partial charge in [0.1, 0.15) is 0 Å². The van der Waals surface area contributed by atoms with E-state index in [2.05, 4.69) is 0 Å². The van der Waals surface area contributed by atoms with Crippen molar-refractivity contribution < 1.29 is 19.0 Å². The Bertz CT molecular complexity index is 281. The molecule has 4 nitrogen and oxygen atoms in total. The summed E-state index contributed by atoms with van der Waals surface area (Å²) in [6, 6.07) is 0. The first-order valence-electron chi connectivity index (χ1n) is 5.58. The number of hydrogen-bond acceptors (Lipinski definition) is 4. The van der Waals surface area contributed by atoms with Crippen LogP contribution in [0.5, 0.6) is 0 Å². The van der Waals surface area contributed by atoms with Gasteiger partial charge >= 0.3 is 5.97 Å². The average molecular weight is 228 g/mol. The highest BCUT2D eigenvalue weighted by atomic mass is 16.7. The van der Waals surface area contributed by atoms with Crippen molar-refractivity contribution >= 4 is 5.97 Å². The van der Waals surface area contributed by atoms with Gasteiger partial charge in [0.25, 0.3) is 0 Å². The zero-order valence-electron chi connectivity index (χ0n) is 10.4. The van der Waals surface area contributed by atoms with Crippen LogP contribution in [0.15, 0.2) is 11.6 Å². The molecule has 1 atom stereocenters. The number of rotatable bonds is 4. The van der Waals surface area contributed by atoms with Gasteiger partial charge in [-0.25, -0.2) is 4.79 Å². The predicted molar refractivity (Wildman–Crippen MR) is 59.9 cm³/mol. The molecule has 16 heavy (non-hydrogen) atoms. The molecule has 0 aromatic heterocycles. The van der Waals surface area contributed by atoms with Crippen molar-refractivity contribution in [2.24, 2.45) is 0 Å². The molecular formula is C12H20O4. The Kier molecular flexibility index (Phi) is 4.50. The topological polar surface area (TPSA) is 44.8 Å². The fraction of sp³-hybridized carbons (Fsp3) is 0.750. The molecular weight excluding hydrogens is 208 g/mol. The fourth-order valence-electron chi connectivity index (χ4n) is 1.67. The average Bonchev–Trinajstić information content (AvgIpc) is 2.45. The Balaban J connectivity index is 2.40. The van der Waals surface area contributed by atoms with Gasteiger partial charge in [-0.05, 0) is 34.1 Å². The van der Waals surface area contributed by atoms with Crippen molar-refractivity contribution in [3.05, 3.63) is 11.6 Å². The van der Waals surface area contributed by atoms with E-state index in [0.29, 0.717) is 19.6 Å². The number of hydrogen-bond donors (Lipinski definition) is 0. The molecule has 1 heterocycles. The standard InChI is InChI=1S/C12H20O4/c1-5-14-11(13)7-9(2)6-10-8-15-12(3,4)16-10/h7,10H,5-6,8H2,1-4H3/b9-7+/t10-/m0/s1. The van der Waals surface area contributed by atoms with Crippen LogP contribution in [-0.2, 0) is 19.0 Å². The molecule has 0 saturated carbocycles. The lowest BCUT2D eigenvalue weighted by Gasteiger charge is -2.17. The molecule has 0 aromatic rings. The molecule has 1 saturated heterocycles. The lowest BCUT2D eigenvalue weighted by Crippen LogP contribution is -2.21. The minimum absolute atomic E-state index is 0.0284. The molecule has 0 aromatic carbocycles. The van der Waals surface area contributed by atoms with Crippen molar-refractivity contribution in [2.45, 2.75) is 46.0 Å². The van der Waals surface area contributed by atoms with Crippen LogP contribution >= 0.6 is 0 Å². The number of ether oxygens (including phenoxy) is 3. The van der Waals surface area contributed by atoms with Crippen LogP contribution in [0.2, 0.25) is 0 Å². The lowest BCUT2D eigenvalue weighted by atomic mass is 10.1. The van der Waals surface area contributed by atoms with Gasteiger partial charge in [-0.2, -0.15) is 0 Å². The largest absolute Gasteiger partial charge is 0.463 e. The first-order valence-corrected chi connectivity index (χ1v) is 5.58. The van der Waals surface area contributed by atoms with E-state index in [1.165, 1.54) is 6.08 Å². The first kappa shape index (κ1) is 13.2. The van der Waals surface area contributed by atoms with Gasteiger partial charge in [-0.1, -0.05) is 5.57 Å². The van der Waals surface area contributed by atoms with Crippen LogP contribution in [0.3, 0.4) is 0 Å². The van der Waals surface area contributed by atoms with Gasteiger partial charge in [0.05, 0.1) is 19.3 Å². The molecule has 0 bridgehead atoms. The van der Waals surface area contributed by atoms with Gasteiger partial charge in [0, 0.05) is 6.08 Å². The minimum atomic E-state index is -0.505. The molecule has 0 amide bonds. The number of carbonyl (C=O) groups excluding carboxylic acids is 1. The molecule has 0 N–H and O–H groups in total. The Hall–Kier alpha value is -0.870. The normalized spacial score (nSPS) is 24.5. The monoisotopic (exact) mass is 228 g/mol. The Morgan fingerprint density at radius 1 is 1.56 bits per heavy atom. The lowest BCUT2D eigenvalue weighted by molar-refractivity contribution is -0.138. The highest BCUT2D eigenvalue weighted by Crippen LogP contribution is 2.25. The zero-order valence-corrected chi connectivity index (χ0v) is 10.4. The Morgan fingerprint density at radius 3 is 2.75 bits per heavy atom. The van der Waals surface area contributed by atoms with Crippen molar-refractivity contribution in [3.8, 4) is 0 Å². The summed E-state index contributed by atoms with van der Waals surface area (Å²) in [5.41, 5.74) is 0.949. The second-order valence-corrected chi connectivity index (χ2v) is 4.40. The molecule has 0 spiro atoms. The van der Waals surface area contributed by atoms with Crippen LogP contribution in [0.1, 0.15) is 34.1 Å². The van der Waals surface area contributed by atoms with Crippen molar-refractivity contribution in [1.29, 1.82) is 0 Å². The van der Waals surface area contributed by atoms with Crippen LogP contribution in [-0.4, -0.2) is 31.1 Å². The summed E-state index contributed by atoms with van der Waals surface area (Å²) in [5, 5.41) is 0. The van der Waals surface area contributed by atoms with Crippen LogP contribution in [0.4, 0.5) is 0 Å². The fourth-order valence-corrected chi connectivity index (χ4v) is 1.67. The summed E-state index contributed by atoms with van der Waals surface area (Å²) >= 11 is 0. The second kappa shape index (κ2) is 5.46. The third-order valence-corrected chi connectivity index (χ3v) is 2.27. The molecule has 1 aliphatic heterocycles. The maximum atomic E-state index is 11.2. The van der Waals surface area contributed by atoms with E-state index in [4.69, 9.17) is 14.2 Å². The summed E-state index contributed by atoms with van der Waals surface area (Å²) in [4.78, 5) is 11.2. The van der Waals surface area contributed by atoms with Crippen LogP contribution < -0.4 is 0 Å². The Morgan fingerprint density at radius 2 is 2.25 bits per heavy atom. The van der Waals surface area contributed by atoms with E-state index in [0.717, 1.165) is 5.57 Å². The molecule has 1 fully saturated rings. The predicted octanol–water partition coefficient (Wildman–Crippen LogP) is 2.04. The summed E-state index contributed by atoms with van der Waals surface area (Å²) in [6.45, 7) is 8.43. The quantitative estimate of drug-likeness (QED) is 0.545. The third-order valence-electron chi connectivity index (χ3n) is 2.27. The molecule has 0 aliphatic carbocycles. The van der Waals surface area contributed by atoms with Gasteiger partial charge < -0.3 is 14.2 Å². The number of esters is 1. The van der Waals surface area contributed by atoms with E-state index in [1.54, 1.807) is 6.92 Å². The van der Waals surface area contributed by atoms with Gasteiger partial charge in [-0.3, -0.25) is 0 Å². The smallest absolute Gasteiger partial charge is 0.330 e. The van der Waals surface area contributed by atoms with Crippen LogP contribution in [0, 0.1) is 0 Å². The Labute approximate surface area is 96.6 Å². The summed E-state index contributed by atoms with van der Waals surface area (Å²) in [6.07, 6.45) is 2.24. The van der Waals surface area contributed by atoms with E-state index in [-0.39, 0.29) is 12.1 Å². The highest BCUT2D eigenvalue weighted by molar-refractivity contribution is 5.82. The second-order valence-electron chi connectivity index (χ2n) is 4.40. The summed E-state index contributed by atoms with van der Waals surface area (Å²) in [7, 11) is 0. The zero-order chi connectivity index (χ0) is 12.2. The molecule has 92 valence electrons. The summed E-state index contributed by atoms with van der Waals surface area (Å²) in [5.74, 6) is -0.798. The van der Waals surface area contributed by atoms with E-state index in [9.17, 15) is 4.79 Å². The van der Waals surface area contributed by atoms with Gasteiger partial charge in [0.2, 0.25) is 0 Å².